The second kappa shape index (κ2) is 3.46. The third-order valence-corrected chi connectivity index (χ3v) is 2.00. The van der Waals surface area contributed by atoms with Gasteiger partial charge in [0.2, 0.25) is 0 Å². The fourth-order valence-electron chi connectivity index (χ4n) is 1.28. The maximum Gasteiger partial charge on any atom is 0.133 e. The minimum absolute atomic E-state index is 0.169. The highest BCUT2D eigenvalue weighted by atomic mass is 16.3. The van der Waals surface area contributed by atoms with Crippen LogP contribution in [0.25, 0.3) is 11.4 Å². The van der Waals surface area contributed by atoms with Crippen molar-refractivity contribution in [2.45, 2.75) is 6.92 Å². The van der Waals surface area contributed by atoms with Crippen molar-refractivity contribution in [3.63, 3.8) is 0 Å². The summed E-state index contributed by atoms with van der Waals surface area (Å²) < 4.78 is 0. The van der Waals surface area contributed by atoms with E-state index in [1.54, 1.807) is 18.3 Å². The fraction of sp³-hybridized carbons (Fsp3) is 0.0909. The van der Waals surface area contributed by atoms with Gasteiger partial charge in [-0.3, -0.25) is 9.97 Å². The van der Waals surface area contributed by atoms with Crippen LogP contribution < -0.4 is 0 Å². The Bertz CT molecular complexity index is 437. The molecule has 2 rings (SSSR count). The number of pyridine rings is 2. The van der Waals surface area contributed by atoms with Gasteiger partial charge in [0.1, 0.15) is 5.75 Å². The van der Waals surface area contributed by atoms with Crippen LogP contribution in [0.15, 0.2) is 36.7 Å². The highest BCUT2D eigenvalue weighted by molar-refractivity contribution is 5.58. The van der Waals surface area contributed by atoms with E-state index in [-0.39, 0.29) is 5.75 Å². The lowest BCUT2D eigenvalue weighted by Crippen LogP contribution is -1.89. The summed E-state index contributed by atoms with van der Waals surface area (Å²) in [6.45, 7) is 1.98. The van der Waals surface area contributed by atoms with Crippen molar-refractivity contribution in [2.24, 2.45) is 0 Å². The van der Waals surface area contributed by atoms with E-state index in [1.165, 1.54) is 6.20 Å². The second-order valence-corrected chi connectivity index (χ2v) is 3.07. The Morgan fingerprint density at radius 1 is 1.14 bits per heavy atom. The Kier molecular flexibility index (Phi) is 2.14. The van der Waals surface area contributed by atoms with Gasteiger partial charge in [-0.25, -0.2) is 0 Å². The first-order chi connectivity index (χ1) is 6.77. The van der Waals surface area contributed by atoms with E-state index < -0.39 is 0 Å². The number of hydrogen-bond acceptors (Lipinski definition) is 3. The molecule has 0 amide bonds. The third-order valence-electron chi connectivity index (χ3n) is 2.00. The zero-order chi connectivity index (χ0) is 9.97. The zero-order valence-electron chi connectivity index (χ0n) is 7.81. The smallest absolute Gasteiger partial charge is 0.133 e. The second-order valence-electron chi connectivity index (χ2n) is 3.07. The number of aromatic nitrogens is 2. The number of hydrogen-bond donors (Lipinski definition) is 1. The molecule has 0 saturated heterocycles. The van der Waals surface area contributed by atoms with Crippen molar-refractivity contribution >= 4 is 0 Å². The molecule has 0 aliphatic rings. The van der Waals surface area contributed by atoms with Crippen molar-refractivity contribution < 1.29 is 5.11 Å². The van der Waals surface area contributed by atoms with Crippen LogP contribution in [0.5, 0.6) is 5.75 Å². The molecule has 0 spiro atoms. The van der Waals surface area contributed by atoms with Crippen LogP contribution in [0.1, 0.15) is 5.56 Å². The predicted octanol–water partition coefficient (Wildman–Crippen LogP) is 2.16. The number of aryl methyl sites for hydroxylation is 1. The molecule has 0 aromatic carbocycles. The van der Waals surface area contributed by atoms with Gasteiger partial charge in [0.15, 0.2) is 0 Å². The molecule has 2 aromatic rings. The topological polar surface area (TPSA) is 46.0 Å². The molecule has 1 N–H and O–H groups in total. The molecule has 0 bridgehead atoms. The Morgan fingerprint density at radius 3 is 2.64 bits per heavy atom. The molecule has 70 valence electrons. The SMILES string of the molecule is Cc1cccnc1-c1ccc(O)cn1. The molecule has 0 aliphatic heterocycles. The van der Waals surface area contributed by atoms with Crippen LogP contribution in [-0.4, -0.2) is 15.1 Å². The van der Waals surface area contributed by atoms with Crippen molar-refractivity contribution in [1.82, 2.24) is 9.97 Å². The molecular weight excluding hydrogens is 176 g/mol. The molecule has 14 heavy (non-hydrogen) atoms. The van der Waals surface area contributed by atoms with E-state index in [4.69, 9.17) is 5.11 Å². The standard InChI is InChI=1S/C11H10N2O/c1-8-3-2-6-12-11(8)10-5-4-9(14)7-13-10/h2-7,14H,1H3. The average Bonchev–Trinajstić information content (AvgIpc) is 2.20. The van der Waals surface area contributed by atoms with Gasteiger partial charge in [0.05, 0.1) is 17.6 Å². The molecule has 2 heterocycles. The zero-order valence-corrected chi connectivity index (χ0v) is 7.81. The first-order valence-electron chi connectivity index (χ1n) is 4.34. The monoisotopic (exact) mass is 186 g/mol. The first-order valence-corrected chi connectivity index (χ1v) is 4.34. The number of rotatable bonds is 1. The molecule has 0 atom stereocenters. The van der Waals surface area contributed by atoms with Gasteiger partial charge in [-0.1, -0.05) is 6.07 Å². The molecular formula is C11H10N2O. The molecule has 0 fully saturated rings. The fourth-order valence-corrected chi connectivity index (χ4v) is 1.28. The Morgan fingerprint density at radius 2 is 2.00 bits per heavy atom. The maximum absolute atomic E-state index is 9.09. The number of aromatic hydroxyl groups is 1. The third kappa shape index (κ3) is 1.57. The highest BCUT2D eigenvalue weighted by Gasteiger charge is 2.03. The minimum Gasteiger partial charge on any atom is -0.506 e. The van der Waals surface area contributed by atoms with Crippen molar-refractivity contribution in [1.29, 1.82) is 0 Å². The van der Waals surface area contributed by atoms with Gasteiger partial charge in [0, 0.05) is 6.20 Å². The number of nitrogens with zero attached hydrogens (tertiary/aromatic N) is 2. The summed E-state index contributed by atoms with van der Waals surface area (Å²) in [6.07, 6.45) is 3.15. The van der Waals surface area contributed by atoms with Crippen LogP contribution in [-0.2, 0) is 0 Å². The summed E-state index contributed by atoms with van der Waals surface area (Å²) in [5, 5.41) is 9.09. The van der Waals surface area contributed by atoms with Gasteiger partial charge < -0.3 is 5.11 Å². The maximum atomic E-state index is 9.09. The van der Waals surface area contributed by atoms with E-state index in [2.05, 4.69) is 9.97 Å². The minimum atomic E-state index is 0.169. The van der Waals surface area contributed by atoms with E-state index >= 15 is 0 Å². The lowest BCUT2D eigenvalue weighted by Gasteiger charge is -2.02. The van der Waals surface area contributed by atoms with Crippen LogP contribution in [0.2, 0.25) is 0 Å². The molecule has 3 heteroatoms. The largest absolute Gasteiger partial charge is 0.506 e. The average molecular weight is 186 g/mol. The quantitative estimate of drug-likeness (QED) is 0.742. The van der Waals surface area contributed by atoms with Crippen LogP contribution in [0, 0.1) is 6.92 Å². The molecule has 2 aromatic heterocycles. The molecule has 0 radical (unpaired) electrons. The van der Waals surface area contributed by atoms with Gasteiger partial charge >= 0.3 is 0 Å². The van der Waals surface area contributed by atoms with Crippen molar-refractivity contribution in [2.75, 3.05) is 0 Å². The van der Waals surface area contributed by atoms with E-state index in [0.29, 0.717) is 0 Å². The lowest BCUT2D eigenvalue weighted by atomic mass is 10.1. The molecule has 0 unspecified atom stereocenters. The van der Waals surface area contributed by atoms with E-state index in [0.717, 1.165) is 17.0 Å². The lowest BCUT2D eigenvalue weighted by molar-refractivity contribution is 0.473. The van der Waals surface area contributed by atoms with Crippen molar-refractivity contribution in [3.05, 3.63) is 42.2 Å². The van der Waals surface area contributed by atoms with Gasteiger partial charge in [-0.15, -0.1) is 0 Å². The van der Waals surface area contributed by atoms with Gasteiger partial charge in [-0.05, 0) is 30.7 Å². The van der Waals surface area contributed by atoms with Crippen LogP contribution in [0.3, 0.4) is 0 Å². The Labute approximate surface area is 82.1 Å². The molecule has 0 aliphatic carbocycles. The molecule has 0 saturated carbocycles. The van der Waals surface area contributed by atoms with E-state index in [1.807, 2.05) is 19.1 Å². The highest BCUT2D eigenvalue weighted by Crippen LogP contribution is 2.19. The Balaban J connectivity index is 2.50. The van der Waals surface area contributed by atoms with Crippen LogP contribution in [0.4, 0.5) is 0 Å². The summed E-state index contributed by atoms with van der Waals surface area (Å²) in [5.41, 5.74) is 2.71. The van der Waals surface area contributed by atoms with Gasteiger partial charge in [0.25, 0.3) is 0 Å². The van der Waals surface area contributed by atoms with Crippen LogP contribution >= 0.6 is 0 Å². The summed E-state index contributed by atoms with van der Waals surface area (Å²) >= 11 is 0. The van der Waals surface area contributed by atoms with Crippen molar-refractivity contribution in [3.8, 4) is 17.1 Å². The normalized spacial score (nSPS) is 10.1. The molecule has 3 nitrogen and oxygen atoms in total. The summed E-state index contributed by atoms with van der Waals surface area (Å²) in [7, 11) is 0. The van der Waals surface area contributed by atoms with Gasteiger partial charge in [-0.2, -0.15) is 0 Å². The summed E-state index contributed by atoms with van der Waals surface area (Å²) in [5.74, 6) is 0.169. The van der Waals surface area contributed by atoms with E-state index in [9.17, 15) is 0 Å². The summed E-state index contributed by atoms with van der Waals surface area (Å²) in [4.78, 5) is 8.33. The summed E-state index contributed by atoms with van der Waals surface area (Å²) in [6, 6.07) is 7.23. The Hall–Kier alpha value is -1.90. The predicted molar refractivity (Wildman–Crippen MR) is 53.9 cm³/mol. The first kappa shape index (κ1) is 8.69.